The molecule has 30 heavy (non-hydrogen) atoms. The molecule has 0 saturated carbocycles. The maximum Gasteiger partial charge on any atom is 0.262 e. The Hall–Kier alpha value is -2.11. The fourth-order valence-electron chi connectivity index (χ4n) is 2.62. The van der Waals surface area contributed by atoms with Gasteiger partial charge in [0.25, 0.3) is 5.91 Å². The summed E-state index contributed by atoms with van der Waals surface area (Å²) < 4.78 is 11.3. The first-order chi connectivity index (χ1) is 14.3. The molecule has 4 nitrogen and oxygen atoms in total. The van der Waals surface area contributed by atoms with Crippen molar-refractivity contribution >= 4 is 58.0 Å². The Bertz CT molecular complexity index is 1040. The molecule has 3 rings (SSSR count). The number of benzene rings is 3. The molecule has 0 aromatic heterocycles. The van der Waals surface area contributed by atoms with Crippen molar-refractivity contribution in [1.82, 2.24) is 0 Å². The van der Waals surface area contributed by atoms with E-state index in [1.54, 1.807) is 62.4 Å². The molecule has 0 fully saturated rings. The highest BCUT2D eigenvalue weighted by Gasteiger charge is 2.18. The number of carbonyl (C=O) groups is 1. The zero-order chi connectivity index (χ0) is 21.8. The summed E-state index contributed by atoms with van der Waals surface area (Å²) in [5, 5.41) is 4.42. The van der Waals surface area contributed by atoms with Crippen LogP contribution >= 0.6 is 46.4 Å². The van der Waals surface area contributed by atoms with Gasteiger partial charge in [-0.2, -0.15) is 0 Å². The minimum Gasteiger partial charge on any atom is -0.481 e. The second-order valence-electron chi connectivity index (χ2n) is 6.44. The summed E-state index contributed by atoms with van der Waals surface area (Å²) in [7, 11) is 0. The molecule has 0 aliphatic rings. The van der Waals surface area contributed by atoms with Crippen molar-refractivity contribution < 1.29 is 14.3 Å². The number of amides is 1. The van der Waals surface area contributed by atoms with Crippen LogP contribution < -0.4 is 14.8 Å². The van der Waals surface area contributed by atoms with E-state index in [1.807, 2.05) is 0 Å². The van der Waals surface area contributed by atoms with Crippen molar-refractivity contribution in [2.75, 3.05) is 11.9 Å². The third kappa shape index (κ3) is 5.32. The first-order valence-corrected chi connectivity index (χ1v) is 10.4. The predicted molar refractivity (Wildman–Crippen MR) is 123 cm³/mol. The van der Waals surface area contributed by atoms with Crippen LogP contribution in [0.3, 0.4) is 0 Å². The molecule has 0 aliphatic heterocycles. The molecule has 3 aromatic rings. The van der Waals surface area contributed by atoms with E-state index in [9.17, 15) is 4.79 Å². The molecule has 0 atom stereocenters. The molecule has 0 aliphatic carbocycles. The predicted octanol–water partition coefficient (Wildman–Crippen LogP) is 7.73. The van der Waals surface area contributed by atoms with Crippen LogP contribution in [0.25, 0.3) is 0 Å². The Morgan fingerprint density at radius 3 is 1.83 bits per heavy atom. The molecule has 0 spiro atoms. The summed E-state index contributed by atoms with van der Waals surface area (Å²) in [6.07, 6.45) is 0. The largest absolute Gasteiger partial charge is 0.481 e. The highest BCUT2D eigenvalue weighted by Crippen LogP contribution is 2.42. The Labute approximate surface area is 194 Å². The van der Waals surface area contributed by atoms with E-state index < -0.39 is 0 Å². The SMILES string of the molecule is Cc1c(Cl)c(C)c(Cl)c(OCC(=O)Nc2ccc(Oc3ccc(Cl)cc3)cc2)c1Cl. The Morgan fingerprint density at radius 1 is 0.800 bits per heavy atom. The molecule has 3 aromatic carbocycles. The summed E-state index contributed by atoms with van der Waals surface area (Å²) in [4.78, 5) is 12.3. The Balaban J connectivity index is 1.60. The smallest absolute Gasteiger partial charge is 0.262 e. The number of hydrogen-bond acceptors (Lipinski definition) is 3. The minimum atomic E-state index is -0.362. The molecule has 0 bridgehead atoms. The van der Waals surface area contributed by atoms with E-state index in [4.69, 9.17) is 55.9 Å². The van der Waals surface area contributed by atoms with Gasteiger partial charge >= 0.3 is 0 Å². The van der Waals surface area contributed by atoms with Gasteiger partial charge in [-0.15, -0.1) is 0 Å². The van der Waals surface area contributed by atoms with Gasteiger partial charge in [0.05, 0.1) is 10.0 Å². The van der Waals surface area contributed by atoms with Crippen molar-refractivity contribution in [2.24, 2.45) is 0 Å². The van der Waals surface area contributed by atoms with E-state index in [-0.39, 0.29) is 28.3 Å². The van der Waals surface area contributed by atoms with E-state index in [0.29, 0.717) is 38.4 Å². The van der Waals surface area contributed by atoms with Crippen molar-refractivity contribution in [3.05, 3.63) is 79.7 Å². The van der Waals surface area contributed by atoms with Crippen molar-refractivity contribution in [1.29, 1.82) is 0 Å². The standard InChI is InChI=1S/C22H17Cl4NO3/c1-12-19(24)13(2)21(26)22(20(12)25)29-11-18(28)27-15-5-9-17(10-6-15)30-16-7-3-14(23)4-8-16/h3-10H,11H2,1-2H3,(H,27,28). The monoisotopic (exact) mass is 483 g/mol. The lowest BCUT2D eigenvalue weighted by Gasteiger charge is -2.15. The van der Waals surface area contributed by atoms with Gasteiger partial charge in [0.15, 0.2) is 12.4 Å². The summed E-state index contributed by atoms with van der Waals surface area (Å²) in [6.45, 7) is 3.26. The molecule has 1 amide bonds. The summed E-state index contributed by atoms with van der Waals surface area (Å²) in [6, 6.07) is 14.0. The number of anilines is 1. The molecule has 0 unspecified atom stereocenters. The molecular formula is C22H17Cl4NO3. The van der Waals surface area contributed by atoms with Gasteiger partial charge in [-0.1, -0.05) is 46.4 Å². The third-order valence-corrected chi connectivity index (χ3v) is 5.98. The van der Waals surface area contributed by atoms with Crippen LogP contribution in [0.2, 0.25) is 20.1 Å². The fourth-order valence-corrected chi connectivity index (χ4v) is 3.56. The van der Waals surface area contributed by atoms with Crippen LogP contribution in [0.15, 0.2) is 48.5 Å². The second-order valence-corrected chi connectivity index (χ2v) is 8.01. The lowest BCUT2D eigenvalue weighted by atomic mass is 10.1. The topological polar surface area (TPSA) is 47.6 Å². The van der Waals surface area contributed by atoms with Crippen LogP contribution in [-0.4, -0.2) is 12.5 Å². The lowest BCUT2D eigenvalue weighted by molar-refractivity contribution is -0.118. The van der Waals surface area contributed by atoms with E-state index in [0.717, 1.165) is 0 Å². The maximum atomic E-state index is 12.3. The number of carbonyl (C=O) groups excluding carboxylic acids is 1. The first kappa shape index (κ1) is 22.6. The fraction of sp³-hybridized carbons (Fsp3) is 0.136. The third-order valence-electron chi connectivity index (χ3n) is 4.25. The van der Waals surface area contributed by atoms with E-state index in [2.05, 4.69) is 5.32 Å². The van der Waals surface area contributed by atoms with Gasteiger partial charge in [-0.25, -0.2) is 0 Å². The molecular weight excluding hydrogens is 468 g/mol. The van der Waals surface area contributed by atoms with Gasteiger partial charge in [-0.05, 0) is 73.5 Å². The Kier molecular flexibility index (Phi) is 7.37. The van der Waals surface area contributed by atoms with Crippen molar-refractivity contribution in [3.8, 4) is 17.2 Å². The van der Waals surface area contributed by atoms with Crippen LogP contribution in [0.5, 0.6) is 17.2 Å². The average Bonchev–Trinajstić information content (AvgIpc) is 2.74. The molecule has 156 valence electrons. The van der Waals surface area contributed by atoms with Crippen molar-refractivity contribution in [2.45, 2.75) is 13.8 Å². The number of ether oxygens (including phenoxy) is 2. The van der Waals surface area contributed by atoms with Crippen LogP contribution in [0.1, 0.15) is 11.1 Å². The quantitative estimate of drug-likeness (QED) is 0.389. The normalized spacial score (nSPS) is 10.6. The number of nitrogens with one attached hydrogen (secondary N) is 1. The zero-order valence-corrected chi connectivity index (χ0v) is 19.1. The molecule has 1 N–H and O–H groups in total. The van der Waals surface area contributed by atoms with Gasteiger partial charge < -0.3 is 14.8 Å². The highest BCUT2D eigenvalue weighted by atomic mass is 35.5. The second kappa shape index (κ2) is 9.80. The highest BCUT2D eigenvalue weighted by molar-refractivity contribution is 6.42. The summed E-state index contributed by atoms with van der Waals surface area (Å²) >= 11 is 24.6. The number of halogens is 4. The maximum absolute atomic E-state index is 12.3. The molecule has 8 heteroatoms. The summed E-state index contributed by atoms with van der Waals surface area (Å²) in [5.74, 6) is 1.16. The summed E-state index contributed by atoms with van der Waals surface area (Å²) in [5.41, 5.74) is 1.88. The van der Waals surface area contributed by atoms with E-state index >= 15 is 0 Å². The van der Waals surface area contributed by atoms with Gasteiger partial charge in [0.2, 0.25) is 0 Å². The number of hydrogen-bond donors (Lipinski definition) is 1. The lowest BCUT2D eigenvalue weighted by Crippen LogP contribution is -2.20. The Morgan fingerprint density at radius 2 is 1.30 bits per heavy atom. The average molecular weight is 485 g/mol. The minimum absolute atomic E-state index is 0.236. The molecule has 0 heterocycles. The van der Waals surface area contributed by atoms with Crippen LogP contribution in [-0.2, 0) is 4.79 Å². The van der Waals surface area contributed by atoms with Crippen molar-refractivity contribution in [3.63, 3.8) is 0 Å². The molecule has 0 saturated heterocycles. The molecule has 0 radical (unpaired) electrons. The van der Waals surface area contributed by atoms with E-state index in [1.165, 1.54) is 0 Å². The van der Waals surface area contributed by atoms with Gasteiger partial charge in [0, 0.05) is 15.7 Å². The van der Waals surface area contributed by atoms with Gasteiger partial charge in [-0.3, -0.25) is 4.79 Å². The van der Waals surface area contributed by atoms with Gasteiger partial charge in [0.1, 0.15) is 11.5 Å². The first-order valence-electron chi connectivity index (χ1n) is 8.86. The van der Waals surface area contributed by atoms with Crippen LogP contribution in [0, 0.1) is 13.8 Å². The number of rotatable bonds is 6. The van der Waals surface area contributed by atoms with Crippen LogP contribution in [0.4, 0.5) is 5.69 Å². The zero-order valence-electron chi connectivity index (χ0n) is 16.1.